The summed E-state index contributed by atoms with van der Waals surface area (Å²) in [5.41, 5.74) is 2.82. The number of quaternary nitrogens is 1. The molecular weight excluding hydrogens is 306 g/mol. The number of anilines is 1. The monoisotopic (exact) mass is 326 g/mol. The van der Waals surface area contributed by atoms with Crippen LogP contribution in [0.1, 0.15) is 11.3 Å². The molecule has 0 aliphatic carbocycles. The lowest BCUT2D eigenvalue weighted by Crippen LogP contribution is -3.08. The van der Waals surface area contributed by atoms with E-state index in [-0.39, 0.29) is 5.91 Å². The predicted octanol–water partition coefficient (Wildman–Crippen LogP) is 1.90. The minimum atomic E-state index is -0.134. The Morgan fingerprint density at radius 2 is 2.04 bits per heavy atom. The number of rotatable bonds is 6. The van der Waals surface area contributed by atoms with E-state index < -0.39 is 0 Å². The predicted molar refractivity (Wildman–Crippen MR) is 89.5 cm³/mol. The Hall–Kier alpha value is -2.86. The number of furan rings is 1. The van der Waals surface area contributed by atoms with Crippen molar-refractivity contribution in [3.8, 4) is 11.3 Å². The van der Waals surface area contributed by atoms with Gasteiger partial charge in [-0.25, -0.2) is 0 Å². The summed E-state index contributed by atoms with van der Waals surface area (Å²) < 4.78 is 10.5. The molecule has 0 aliphatic heterocycles. The van der Waals surface area contributed by atoms with Crippen LogP contribution >= 0.6 is 0 Å². The molecule has 0 fully saturated rings. The molecule has 0 bridgehead atoms. The first-order valence-corrected chi connectivity index (χ1v) is 7.77. The highest BCUT2D eigenvalue weighted by molar-refractivity contribution is 5.90. The van der Waals surface area contributed by atoms with E-state index >= 15 is 0 Å². The number of aromatic nitrogens is 1. The summed E-state index contributed by atoms with van der Waals surface area (Å²) in [5, 5.41) is 6.73. The summed E-state index contributed by atoms with van der Waals surface area (Å²) in [6.07, 6.45) is 1.63. The van der Waals surface area contributed by atoms with Gasteiger partial charge in [-0.2, -0.15) is 0 Å². The van der Waals surface area contributed by atoms with Gasteiger partial charge in [-0.05, 0) is 19.1 Å². The van der Waals surface area contributed by atoms with Crippen molar-refractivity contribution in [3.63, 3.8) is 0 Å². The molecule has 3 aromatic rings. The van der Waals surface area contributed by atoms with Gasteiger partial charge in [0.2, 0.25) is 5.88 Å². The summed E-state index contributed by atoms with van der Waals surface area (Å²) in [6, 6.07) is 13.4. The van der Waals surface area contributed by atoms with Gasteiger partial charge < -0.3 is 13.8 Å². The van der Waals surface area contributed by atoms with Crippen molar-refractivity contribution >= 4 is 11.8 Å². The lowest BCUT2D eigenvalue weighted by atomic mass is 10.1. The fourth-order valence-corrected chi connectivity index (χ4v) is 2.42. The highest BCUT2D eigenvalue weighted by Gasteiger charge is 2.14. The molecule has 0 radical (unpaired) electrons. The zero-order chi connectivity index (χ0) is 16.9. The first-order valence-electron chi connectivity index (χ1n) is 7.77. The van der Waals surface area contributed by atoms with Gasteiger partial charge >= 0.3 is 0 Å². The van der Waals surface area contributed by atoms with E-state index in [1.54, 1.807) is 12.3 Å². The first-order chi connectivity index (χ1) is 11.6. The van der Waals surface area contributed by atoms with E-state index in [1.807, 2.05) is 50.4 Å². The second-order valence-corrected chi connectivity index (χ2v) is 5.88. The van der Waals surface area contributed by atoms with E-state index in [4.69, 9.17) is 8.94 Å². The maximum absolute atomic E-state index is 12.1. The number of amides is 1. The number of aryl methyl sites for hydroxylation is 1. The molecule has 2 aromatic heterocycles. The Morgan fingerprint density at radius 1 is 1.25 bits per heavy atom. The summed E-state index contributed by atoms with van der Waals surface area (Å²) in [4.78, 5) is 13.1. The quantitative estimate of drug-likeness (QED) is 0.726. The van der Waals surface area contributed by atoms with Crippen LogP contribution in [-0.2, 0) is 11.3 Å². The molecule has 124 valence electrons. The van der Waals surface area contributed by atoms with Crippen LogP contribution in [0.2, 0.25) is 0 Å². The third kappa shape index (κ3) is 4.11. The minimum absolute atomic E-state index is 0.134. The first kappa shape index (κ1) is 16.0. The average molecular weight is 326 g/mol. The smallest absolute Gasteiger partial charge is 0.281 e. The minimum Gasteiger partial charge on any atom is -0.463 e. The summed E-state index contributed by atoms with van der Waals surface area (Å²) in [7, 11) is 1.93. The molecule has 2 N–H and O–H groups in total. The number of carbonyl (C=O) groups is 1. The van der Waals surface area contributed by atoms with Crippen LogP contribution < -0.4 is 10.2 Å². The number of hydrogen-bond donors (Lipinski definition) is 2. The van der Waals surface area contributed by atoms with Crippen LogP contribution in [0.15, 0.2) is 57.7 Å². The molecule has 6 heteroatoms. The summed E-state index contributed by atoms with van der Waals surface area (Å²) >= 11 is 0. The summed E-state index contributed by atoms with van der Waals surface area (Å²) in [5.74, 6) is 1.06. The van der Waals surface area contributed by atoms with Crippen LogP contribution in [0.5, 0.6) is 0 Å². The van der Waals surface area contributed by atoms with Crippen LogP contribution in [-0.4, -0.2) is 24.7 Å². The average Bonchev–Trinajstić information content (AvgIpc) is 3.19. The van der Waals surface area contributed by atoms with E-state index in [2.05, 4.69) is 10.5 Å². The number of likely N-dealkylation sites (N-methyl/N-ethyl adjacent to an activating group) is 1. The van der Waals surface area contributed by atoms with E-state index in [0.717, 1.165) is 16.2 Å². The van der Waals surface area contributed by atoms with E-state index in [1.165, 1.54) is 5.56 Å². The highest BCUT2D eigenvalue weighted by Crippen LogP contribution is 2.21. The standard InChI is InChI=1S/C18H19N3O3/c1-13-5-7-14(8-6-13)16-10-18(24-20-16)19-17(22)12-21(2)11-15-4-3-9-23-15/h3-10H,11-12H2,1-2H3,(H,19,22)/p+1. The Morgan fingerprint density at radius 3 is 2.75 bits per heavy atom. The zero-order valence-corrected chi connectivity index (χ0v) is 13.7. The molecule has 1 aromatic carbocycles. The molecule has 24 heavy (non-hydrogen) atoms. The maximum atomic E-state index is 12.1. The Balaban J connectivity index is 1.56. The maximum Gasteiger partial charge on any atom is 0.281 e. The second kappa shape index (κ2) is 7.14. The van der Waals surface area contributed by atoms with E-state index in [9.17, 15) is 4.79 Å². The van der Waals surface area contributed by atoms with Crippen LogP contribution in [0.4, 0.5) is 5.88 Å². The number of carbonyl (C=O) groups excluding carboxylic acids is 1. The van der Waals surface area contributed by atoms with Gasteiger partial charge in [-0.3, -0.25) is 10.1 Å². The molecule has 0 saturated carbocycles. The number of nitrogens with one attached hydrogen (secondary N) is 2. The summed E-state index contributed by atoms with van der Waals surface area (Å²) in [6.45, 7) is 2.98. The van der Waals surface area contributed by atoms with Crippen LogP contribution in [0, 0.1) is 6.92 Å². The van der Waals surface area contributed by atoms with Gasteiger partial charge in [-0.15, -0.1) is 0 Å². The SMILES string of the molecule is Cc1ccc(-c2cc(NC(=O)C[NH+](C)Cc3ccco3)on2)cc1. The van der Waals surface area contributed by atoms with Crippen molar-refractivity contribution in [2.75, 3.05) is 18.9 Å². The molecule has 3 rings (SSSR count). The lowest BCUT2D eigenvalue weighted by Gasteiger charge is -2.11. The number of hydrogen-bond acceptors (Lipinski definition) is 4. The van der Waals surface area contributed by atoms with Crippen LogP contribution in [0.25, 0.3) is 11.3 Å². The number of nitrogens with zero attached hydrogens (tertiary/aromatic N) is 1. The molecule has 0 saturated heterocycles. The van der Waals surface area contributed by atoms with Crippen molar-refractivity contribution in [2.45, 2.75) is 13.5 Å². The Bertz CT molecular complexity index is 791. The van der Waals surface area contributed by atoms with Gasteiger partial charge in [-0.1, -0.05) is 35.0 Å². The Labute approximate surface area is 140 Å². The van der Waals surface area contributed by atoms with Gasteiger partial charge in [0, 0.05) is 11.6 Å². The largest absolute Gasteiger partial charge is 0.463 e. The second-order valence-electron chi connectivity index (χ2n) is 5.88. The van der Waals surface area contributed by atoms with Crippen molar-refractivity contribution in [3.05, 3.63) is 60.1 Å². The van der Waals surface area contributed by atoms with Crippen molar-refractivity contribution in [2.24, 2.45) is 0 Å². The molecule has 0 spiro atoms. The third-order valence-corrected chi connectivity index (χ3v) is 3.64. The highest BCUT2D eigenvalue weighted by atomic mass is 16.5. The fraction of sp³-hybridized carbons (Fsp3) is 0.222. The molecule has 6 nitrogen and oxygen atoms in total. The topological polar surface area (TPSA) is 72.7 Å². The lowest BCUT2D eigenvalue weighted by molar-refractivity contribution is -0.886. The van der Waals surface area contributed by atoms with Crippen LogP contribution in [0.3, 0.4) is 0 Å². The molecule has 1 amide bonds. The molecule has 0 aliphatic rings. The molecule has 1 unspecified atom stereocenters. The van der Waals surface area contributed by atoms with Gasteiger partial charge in [0.15, 0.2) is 12.3 Å². The van der Waals surface area contributed by atoms with Gasteiger partial charge in [0.1, 0.15) is 12.2 Å². The van der Waals surface area contributed by atoms with E-state index in [0.29, 0.717) is 24.7 Å². The molecule has 1 atom stereocenters. The molecular formula is C18H20N3O3+. The number of benzene rings is 1. The third-order valence-electron chi connectivity index (χ3n) is 3.64. The molecule has 2 heterocycles. The normalized spacial score (nSPS) is 12.1. The van der Waals surface area contributed by atoms with Crippen molar-refractivity contribution < 1.29 is 18.6 Å². The van der Waals surface area contributed by atoms with Crippen molar-refractivity contribution in [1.29, 1.82) is 0 Å². The van der Waals surface area contributed by atoms with Crippen molar-refractivity contribution in [1.82, 2.24) is 5.16 Å². The zero-order valence-electron chi connectivity index (χ0n) is 13.7. The van der Waals surface area contributed by atoms with Gasteiger partial charge in [0.25, 0.3) is 5.91 Å². The fourth-order valence-electron chi connectivity index (χ4n) is 2.42. The Kier molecular flexibility index (Phi) is 4.77. The van der Waals surface area contributed by atoms with Gasteiger partial charge in [0.05, 0.1) is 13.3 Å².